The Morgan fingerprint density at radius 1 is 1.00 bits per heavy atom. The van der Waals surface area contributed by atoms with E-state index in [-0.39, 0.29) is 28.9 Å². The summed E-state index contributed by atoms with van der Waals surface area (Å²) in [5, 5.41) is 1.10. The lowest BCUT2D eigenvalue weighted by atomic mass is 10.1. The second-order valence-corrected chi connectivity index (χ2v) is 8.99. The van der Waals surface area contributed by atoms with Crippen LogP contribution in [0, 0.1) is 6.92 Å². The summed E-state index contributed by atoms with van der Waals surface area (Å²) in [5.74, 6) is 0.0899. The highest BCUT2D eigenvalue weighted by atomic mass is 35.5. The molecule has 146 valence electrons. The highest BCUT2D eigenvalue weighted by molar-refractivity contribution is 7.89. The van der Waals surface area contributed by atoms with Gasteiger partial charge in [-0.15, -0.1) is 0 Å². The number of hydrogen-bond acceptors (Lipinski definition) is 4. The molecule has 1 aliphatic heterocycles. The third kappa shape index (κ3) is 3.19. The lowest BCUT2D eigenvalue weighted by Crippen LogP contribution is -2.50. The Bertz CT molecular complexity index is 1150. The average Bonchev–Trinajstić information content (AvgIpc) is 3.04. The van der Waals surface area contributed by atoms with Gasteiger partial charge in [-0.05, 0) is 25.1 Å². The molecule has 0 spiro atoms. The molecule has 28 heavy (non-hydrogen) atoms. The molecule has 0 aliphatic carbocycles. The maximum atomic E-state index is 12.9. The number of sulfonamides is 1. The van der Waals surface area contributed by atoms with E-state index in [9.17, 15) is 13.2 Å². The van der Waals surface area contributed by atoms with E-state index >= 15 is 0 Å². The first kappa shape index (κ1) is 19.0. The van der Waals surface area contributed by atoms with Gasteiger partial charge in [-0.25, -0.2) is 8.42 Å². The molecule has 0 saturated carbocycles. The fraction of sp³-hybridized carbons (Fsp3) is 0.250. The van der Waals surface area contributed by atoms with Gasteiger partial charge >= 0.3 is 0 Å². The Kier molecular flexibility index (Phi) is 4.91. The van der Waals surface area contributed by atoms with Crippen LogP contribution in [0.2, 0.25) is 5.02 Å². The number of rotatable bonds is 3. The number of aryl methyl sites for hydroxylation is 1. The van der Waals surface area contributed by atoms with E-state index in [2.05, 4.69) is 0 Å². The second kappa shape index (κ2) is 7.24. The average molecular weight is 419 g/mol. The summed E-state index contributed by atoms with van der Waals surface area (Å²) in [6, 6.07) is 13.9. The number of carbonyl (C=O) groups excluding carboxylic acids is 1. The van der Waals surface area contributed by atoms with Crippen molar-refractivity contribution in [2.75, 3.05) is 26.2 Å². The summed E-state index contributed by atoms with van der Waals surface area (Å²) in [6.45, 7) is 2.85. The molecule has 0 radical (unpaired) electrons. The summed E-state index contributed by atoms with van der Waals surface area (Å²) < 4.78 is 32.8. The van der Waals surface area contributed by atoms with Gasteiger partial charge in [0.1, 0.15) is 10.5 Å². The molecule has 1 fully saturated rings. The molecule has 2 aromatic carbocycles. The maximum absolute atomic E-state index is 12.9. The van der Waals surface area contributed by atoms with Crippen LogP contribution in [-0.2, 0) is 10.0 Å². The maximum Gasteiger partial charge on any atom is 0.289 e. The lowest BCUT2D eigenvalue weighted by molar-refractivity contribution is 0.0667. The third-order valence-electron chi connectivity index (χ3n) is 5.02. The Hall–Kier alpha value is -2.35. The Labute approximate surface area is 168 Å². The van der Waals surface area contributed by atoms with E-state index in [0.717, 1.165) is 10.9 Å². The molecule has 6 nitrogen and oxygen atoms in total. The largest absolute Gasteiger partial charge is 0.451 e. The van der Waals surface area contributed by atoms with Crippen molar-refractivity contribution in [3.63, 3.8) is 0 Å². The smallest absolute Gasteiger partial charge is 0.289 e. The molecule has 3 aromatic rings. The van der Waals surface area contributed by atoms with Crippen molar-refractivity contribution in [2.24, 2.45) is 0 Å². The number of benzene rings is 2. The SMILES string of the molecule is Cc1c(C(=O)N2CCN(S(=O)(=O)c3ccccc3Cl)CC2)oc2ccccc12. The van der Waals surface area contributed by atoms with Crippen LogP contribution in [0.5, 0.6) is 0 Å². The van der Waals surface area contributed by atoms with Crippen molar-refractivity contribution < 1.29 is 17.6 Å². The van der Waals surface area contributed by atoms with E-state index in [1.54, 1.807) is 23.1 Å². The number of piperazine rings is 1. The highest BCUT2D eigenvalue weighted by Crippen LogP contribution is 2.28. The molecule has 4 rings (SSSR count). The van der Waals surface area contributed by atoms with E-state index in [1.165, 1.54) is 10.4 Å². The minimum absolute atomic E-state index is 0.0876. The monoisotopic (exact) mass is 418 g/mol. The number of halogens is 1. The molecule has 1 aromatic heterocycles. The standard InChI is InChI=1S/C20H19ClN2O4S/c1-14-15-6-2-4-8-17(15)27-19(14)20(24)22-10-12-23(13-11-22)28(25,26)18-9-5-3-7-16(18)21/h2-9H,10-13H2,1H3. The molecule has 8 heteroatoms. The number of carbonyl (C=O) groups is 1. The van der Waals surface area contributed by atoms with E-state index in [0.29, 0.717) is 24.4 Å². The lowest BCUT2D eigenvalue weighted by Gasteiger charge is -2.33. The van der Waals surface area contributed by atoms with Crippen LogP contribution >= 0.6 is 11.6 Å². The van der Waals surface area contributed by atoms with Crippen molar-refractivity contribution in [3.05, 3.63) is 64.9 Å². The van der Waals surface area contributed by atoms with E-state index in [1.807, 2.05) is 31.2 Å². The normalized spacial score (nSPS) is 15.9. The number of para-hydroxylation sites is 1. The first-order valence-electron chi connectivity index (χ1n) is 8.91. The summed E-state index contributed by atoms with van der Waals surface area (Å²) in [4.78, 5) is 14.6. The van der Waals surface area contributed by atoms with Gasteiger partial charge in [-0.2, -0.15) is 4.31 Å². The van der Waals surface area contributed by atoms with Crippen LogP contribution in [0.4, 0.5) is 0 Å². The fourth-order valence-corrected chi connectivity index (χ4v) is 5.36. The third-order valence-corrected chi connectivity index (χ3v) is 7.42. The minimum Gasteiger partial charge on any atom is -0.451 e. The molecular formula is C20H19ClN2O4S. The van der Waals surface area contributed by atoms with Gasteiger partial charge in [0, 0.05) is 37.1 Å². The summed E-state index contributed by atoms with van der Waals surface area (Å²) in [6.07, 6.45) is 0. The zero-order valence-electron chi connectivity index (χ0n) is 15.3. The fourth-order valence-electron chi connectivity index (χ4n) is 3.45. The van der Waals surface area contributed by atoms with Crippen LogP contribution in [0.3, 0.4) is 0 Å². The van der Waals surface area contributed by atoms with Gasteiger partial charge in [-0.1, -0.05) is 41.9 Å². The first-order chi connectivity index (χ1) is 13.4. The molecule has 0 bridgehead atoms. The number of hydrogen-bond donors (Lipinski definition) is 0. The summed E-state index contributed by atoms with van der Waals surface area (Å²) in [7, 11) is -3.70. The van der Waals surface area contributed by atoms with Gasteiger partial charge in [0.25, 0.3) is 5.91 Å². The van der Waals surface area contributed by atoms with Crippen LogP contribution in [0.15, 0.2) is 57.8 Å². The van der Waals surface area contributed by atoms with Gasteiger partial charge in [0.2, 0.25) is 10.0 Å². The molecule has 1 amide bonds. The van der Waals surface area contributed by atoms with Crippen molar-refractivity contribution in [3.8, 4) is 0 Å². The van der Waals surface area contributed by atoms with Crippen LogP contribution in [0.1, 0.15) is 16.1 Å². The number of furan rings is 1. The molecule has 0 unspecified atom stereocenters. The van der Waals surface area contributed by atoms with Crippen LogP contribution in [0.25, 0.3) is 11.0 Å². The molecule has 0 atom stereocenters. The van der Waals surface area contributed by atoms with Gasteiger partial charge < -0.3 is 9.32 Å². The minimum atomic E-state index is -3.70. The molecule has 1 aliphatic rings. The van der Waals surface area contributed by atoms with Crippen LogP contribution in [-0.4, -0.2) is 49.7 Å². The quantitative estimate of drug-likeness (QED) is 0.652. The topological polar surface area (TPSA) is 70.8 Å². The van der Waals surface area contributed by atoms with E-state index < -0.39 is 10.0 Å². The Morgan fingerprint density at radius 3 is 2.32 bits per heavy atom. The number of amides is 1. The Morgan fingerprint density at radius 2 is 1.64 bits per heavy atom. The van der Waals surface area contributed by atoms with Crippen molar-refractivity contribution >= 4 is 38.5 Å². The molecule has 0 N–H and O–H groups in total. The summed E-state index contributed by atoms with van der Waals surface area (Å²) >= 11 is 6.06. The van der Waals surface area contributed by atoms with Gasteiger partial charge in [-0.3, -0.25) is 4.79 Å². The van der Waals surface area contributed by atoms with Crippen molar-refractivity contribution in [1.82, 2.24) is 9.21 Å². The van der Waals surface area contributed by atoms with Gasteiger partial charge in [0.15, 0.2) is 5.76 Å². The molecule has 1 saturated heterocycles. The predicted molar refractivity (Wildman–Crippen MR) is 107 cm³/mol. The predicted octanol–water partition coefficient (Wildman–Crippen LogP) is 3.54. The number of nitrogens with zero attached hydrogens (tertiary/aromatic N) is 2. The first-order valence-corrected chi connectivity index (χ1v) is 10.7. The number of fused-ring (bicyclic) bond motifs is 1. The molecule has 2 heterocycles. The second-order valence-electron chi connectivity index (χ2n) is 6.68. The zero-order chi connectivity index (χ0) is 19.9. The highest BCUT2D eigenvalue weighted by Gasteiger charge is 2.33. The van der Waals surface area contributed by atoms with Gasteiger partial charge in [0.05, 0.1) is 5.02 Å². The van der Waals surface area contributed by atoms with Crippen molar-refractivity contribution in [1.29, 1.82) is 0 Å². The zero-order valence-corrected chi connectivity index (χ0v) is 16.8. The molecular weight excluding hydrogens is 400 g/mol. The van der Waals surface area contributed by atoms with Crippen LogP contribution < -0.4 is 0 Å². The summed E-state index contributed by atoms with van der Waals surface area (Å²) in [5.41, 5.74) is 1.47. The Balaban J connectivity index is 1.51. The van der Waals surface area contributed by atoms with E-state index in [4.69, 9.17) is 16.0 Å². The van der Waals surface area contributed by atoms with Crippen molar-refractivity contribution in [2.45, 2.75) is 11.8 Å².